The van der Waals surface area contributed by atoms with Crippen LogP contribution in [0.5, 0.6) is 11.5 Å². The highest BCUT2D eigenvalue weighted by atomic mass is 16.6. The van der Waals surface area contributed by atoms with Crippen LogP contribution in [-0.4, -0.2) is 28.0 Å². The third kappa shape index (κ3) is 2.76. The predicted octanol–water partition coefficient (Wildman–Crippen LogP) is 4.93. The average Bonchev–Trinajstić information content (AvgIpc) is 3.19. The van der Waals surface area contributed by atoms with E-state index in [9.17, 15) is 0 Å². The molecule has 1 atom stereocenters. The van der Waals surface area contributed by atoms with Gasteiger partial charge in [-0.25, -0.2) is 5.01 Å². The van der Waals surface area contributed by atoms with E-state index >= 15 is 0 Å². The number of pyridine rings is 1. The number of para-hydroxylation sites is 1. The van der Waals surface area contributed by atoms with Gasteiger partial charge in [0.05, 0.1) is 18.4 Å². The molecule has 0 saturated heterocycles. The van der Waals surface area contributed by atoms with Crippen molar-refractivity contribution in [2.75, 3.05) is 6.61 Å². The fourth-order valence-electron chi connectivity index (χ4n) is 4.79. The molecular weight excluding hydrogens is 350 g/mol. The van der Waals surface area contributed by atoms with E-state index in [1.807, 2.05) is 31.5 Å². The monoisotopic (exact) mass is 377 g/mol. The van der Waals surface area contributed by atoms with Gasteiger partial charge in [-0.05, 0) is 37.8 Å². The molecule has 5 heteroatoms. The molecule has 0 amide bonds. The summed E-state index contributed by atoms with van der Waals surface area (Å²) in [6.07, 6.45) is 8.90. The summed E-state index contributed by atoms with van der Waals surface area (Å²) >= 11 is 0. The maximum Gasteiger partial charge on any atom is 0.198 e. The fraction of sp³-hybridized carbons (Fsp3) is 0.478. The van der Waals surface area contributed by atoms with Crippen LogP contribution < -0.4 is 9.47 Å². The predicted molar refractivity (Wildman–Crippen MR) is 109 cm³/mol. The lowest BCUT2D eigenvalue weighted by atomic mass is 9.82. The zero-order valence-electron chi connectivity index (χ0n) is 16.6. The summed E-state index contributed by atoms with van der Waals surface area (Å²) in [5.41, 5.74) is 2.99. The van der Waals surface area contributed by atoms with Crippen molar-refractivity contribution in [2.24, 2.45) is 11.0 Å². The normalized spacial score (nSPS) is 28.4. The van der Waals surface area contributed by atoms with Crippen LogP contribution in [0.1, 0.15) is 63.1 Å². The SMILES string of the molecule is CCOc1cccc2c1OC1(CCC(C)CC1)N1N=C(c3cccnc3)C[C@H]21. The lowest BCUT2D eigenvalue weighted by Crippen LogP contribution is -2.55. The molecule has 2 aromatic rings. The molecule has 3 heterocycles. The highest BCUT2D eigenvalue weighted by molar-refractivity contribution is 6.01. The molecule has 1 spiro atoms. The molecule has 2 aliphatic heterocycles. The van der Waals surface area contributed by atoms with Gasteiger partial charge in [0, 0.05) is 42.8 Å². The van der Waals surface area contributed by atoms with Gasteiger partial charge in [-0.15, -0.1) is 0 Å². The Morgan fingerprint density at radius 3 is 2.82 bits per heavy atom. The number of benzene rings is 1. The Bertz CT molecular complexity index is 888. The van der Waals surface area contributed by atoms with E-state index in [1.54, 1.807) is 0 Å². The van der Waals surface area contributed by atoms with E-state index in [-0.39, 0.29) is 11.8 Å². The quantitative estimate of drug-likeness (QED) is 0.761. The number of fused-ring (bicyclic) bond motifs is 4. The largest absolute Gasteiger partial charge is 0.490 e. The lowest BCUT2D eigenvalue weighted by Gasteiger charge is -2.50. The number of rotatable bonds is 3. The summed E-state index contributed by atoms with van der Waals surface area (Å²) in [7, 11) is 0. The topological polar surface area (TPSA) is 47.0 Å². The first kappa shape index (κ1) is 17.5. The molecule has 28 heavy (non-hydrogen) atoms. The number of nitrogens with zero attached hydrogens (tertiary/aromatic N) is 3. The first-order chi connectivity index (χ1) is 13.7. The van der Waals surface area contributed by atoms with E-state index in [1.165, 1.54) is 5.56 Å². The van der Waals surface area contributed by atoms with Gasteiger partial charge in [-0.3, -0.25) is 4.98 Å². The van der Waals surface area contributed by atoms with Crippen molar-refractivity contribution in [2.45, 2.75) is 57.7 Å². The van der Waals surface area contributed by atoms with Crippen LogP contribution in [0.15, 0.2) is 47.8 Å². The first-order valence-corrected chi connectivity index (χ1v) is 10.4. The van der Waals surface area contributed by atoms with Crippen molar-refractivity contribution in [3.8, 4) is 11.5 Å². The molecule has 1 saturated carbocycles. The van der Waals surface area contributed by atoms with Gasteiger partial charge in [-0.1, -0.05) is 25.1 Å². The highest BCUT2D eigenvalue weighted by Crippen LogP contribution is 2.54. The van der Waals surface area contributed by atoms with Gasteiger partial charge in [0.1, 0.15) is 0 Å². The second-order valence-corrected chi connectivity index (χ2v) is 8.19. The minimum Gasteiger partial charge on any atom is -0.490 e. The lowest BCUT2D eigenvalue weighted by molar-refractivity contribution is -0.146. The van der Waals surface area contributed by atoms with E-state index in [4.69, 9.17) is 14.6 Å². The standard InChI is InChI=1S/C23H27N3O2/c1-3-27-21-8-4-7-18-20-14-19(17-6-5-13-24-15-17)25-26(20)23(28-22(18)21)11-9-16(2)10-12-23/h4-8,13,15-16,20H,3,9-12,14H2,1-2H3/t16?,20-,23?/m1/s1. The van der Waals surface area contributed by atoms with E-state index in [2.05, 4.69) is 35.1 Å². The maximum absolute atomic E-state index is 6.77. The molecule has 0 radical (unpaired) electrons. The second-order valence-electron chi connectivity index (χ2n) is 8.19. The van der Waals surface area contributed by atoms with Gasteiger partial charge in [0.2, 0.25) is 0 Å². The zero-order chi connectivity index (χ0) is 19.1. The number of hydrogen-bond donors (Lipinski definition) is 0. The summed E-state index contributed by atoms with van der Waals surface area (Å²) in [5.74, 6) is 2.51. The molecule has 3 aliphatic rings. The molecule has 1 aromatic heterocycles. The number of hydrazone groups is 1. The zero-order valence-corrected chi connectivity index (χ0v) is 16.6. The molecule has 0 unspecified atom stereocenters. The number of ether oxygens (including phenoxy) is 2. The Morgan fingerprint density at radius 1 is 1.21 bits per heavy atom. The van der Waals surface area contributed by atoms with Crippen molar-refractivity contribution >= 4 is 5.71 Å². The van der Waals surface area contributed by atoms with E-state index in [0.717, 1.165) is 60.8 Å². The molecule has 1 fully saturated rings. The third-order valence-electron chi connectivity index (χ3n) is 6.34. The van der Waals surface area contributed by atoms with E-state index in [0.29, 0.717) is 6.61 Å². The molecule has 1 aliphatic carbocycles. The van der Waals surface area contributed by atoms with Crippen LogP contribution in [0.25, 0.3) is 0 Å². The third-order valence-corrected chi connectivity index (χ3v) is 6.34. The minimum atomic E-state index is -0.374. The van der Waals surface area contributed by atoms with Gasteiger partial charge in [0.15, 0.2) is 17.2 Å². The van der Waals surface area contributed by atoms with Crippen molar-refractivity contribution in [3.63, 3.8) is 0 Å². The Hall–Kier alpha value is -2.56. The Kier molecular flexibility index (Phi) is 4.26. The van der Waals surface area contributed by atoms with Gasteiger partial charge in [-0.2, -0.15) is 5.10 Å². The van der Waals surface area contributed by atoms with Crippen molar-refractivity contribution in [1.82, 2.24) is 9.99 Å². The Morgan fingerprint density at radius 2 is 2.07 bits per heavy atom. The minimum absolute atomic E-state index is 0.188. The van der Waals surface area contributed by atoms with Crippen LogP contribution in [-0.2, 0) is 0 Å². The molecule has 5 nitrogen and oxygen atoms in total. The van der Waals surface area contributed by atoms with Crippen molar-refractivity contribution in [3.05, 3.63) is 53.9 Å². The first-order valence-electron chi connectivity index (χ1n) is 10.4. The van der Waals surface area contributed by atoms with Crippen LogP contribution in [0.2, 0.25) is 0 Å². The van der Waals surface area contributed by atoms with Crippen LogP contribution in [0, 0.1) is 5.92 Å². The summed E-state index contributed by atoms with van der Waals surface area (Å²) in [6, 6.07) is 10.5. The Balaban J connectivity index is 1.60. The van der Waals surface area contributed by atoms with Crippen LogP contribution in [0.3, 0.4) is 0 Å². The second kappa shape index (κ2) is 6.80. The van der Waals surface area contributed by atoms with Crippen molar-refractivity contribution in [1.29, 1.82) is 0 Å². The smallest absolute Gasteiger partial charge is 0.198 e. The van der Waals surface area contributed by atoms with Crippen molar-refractivity contribution < 1.29 is 9.47 Å². The molecule has 1 aromatic carbocycles. The highest BCUT2D eigenvalue weighted by Gasteiger charge is 2.52. The van der Waals surface area contributed by atoms with Crippen LogP contribution in [0.4, 0.5) is 0 Å². The molecule has 0 bridgehead atoms. The summed E-state index contributed by atoms with van der Waals surface area (Å²) in [4.78, 5) is 4.29. The van der Waals surface area contributed by atoms with Gasteiger partial charge < -0.3 is 9.47 Å². The summed E-state index contributed by atoms with van der Waals surface area (Å²) in [6.45, 7) is 4.99. The molecular formula is C23H27N3O2. The van der Waals surface area contributed by atoms with Gasteiger partial charge in [0.25, 0.3) is 0 Å². The van der Waals surface area contributed by atoms with Crippen LogP contribution >= 0.6 is 0 Å². The summed E-state index contributed by atoms with van der Waals surface area (Å²) < 4.78 is 12.7. The van der Waals surface area contributed by atoms with Gasteiger partial charge >= 0.3 is 0 Å². The van der Waals surface area contributed by atoms with E-state index < -0.39 is 0 Å². The maximum atomic E-state index is 6.77. The fourth-order valence-corrected chi connectivity index (χ4v) is 4.79. The number of hydrogen-bond acceptors (Lipinski definition) is 5. The number of aromatic nitrogens is 1. The molecule has 146 valence electrons. The average molecular weight is 377 g/mol. The molecule has 5 rings (SSSR count). The summed E-state index contributed by atoms with van der Waals surface area (Å²) in [5, 5.41) is 7.36. The molecule has 0 N–H and O–H groups in total. The Labute approximate surface area is 166 Å².